The summed E-state index contributed by atoms with van der Waals surface area (Å²) in [4.78, 5) is 14.3. The predicted octanol–water partition coefficient (Wildman–Crippen LogP) is 3.43. The predicted molar refractivity (Wildman–Crippen MR) is 104 cm³/mol. The van der Waals surface area contributed by atoms with Crippen LogP contribution in [-0.4, -0.2) is 42.4 Å². The van der Waals surface area contributed by atoms with Crippen molar-refractivity contribution in [3.63, 3.8) is 0 Å². The topological polar surface area (TPSA) is 52.6 Å². The van der Waals surface area contributed by atoms with Gasteiger partial charge < -0.3 is 15.3 Å². The fourth-order valence-electron chi connectivity index (χ4n) is 2.48. The molecule has 25 heavy (non-hydrogen) atoms. The van der Waals surface area contributed by atoms with Crippen LogP contribution in [0.25, 0.3) is 0 Å². The number of benzene rings is 2. The van der Waals surface area contributed by atoms with E-state index < -0.39 is 6.10 Å². The molecule has 0 aliphatic heterocycles. The van der Waals surface area contributed by atoms with Gasteiger partial charge in [-0.05, 0) is 29.8 Å². The minimum absolute atomic E-state index is 0.162. The summed E-state index contributed by atoms with van der Waals surface area (Å²) in [6.45, 7) is 1.56. The van der Waals surface area contributed by atoms with Gasteiger partial charge in [0.25, 0.3) is 5.91 Å². The van der Waals surface area contributed by atoms with Crippen LogP contribution < -0.4 is 10.2 Å². The lowest BCUT2D eigenvalue weighted by Gasteiger charge is -2.23. The van der Waals surface area contributed by atoms with Crippen molar-refractivity contribution >= 4 is 34.8 Å². The Morgan fingerprint density at radius 1 is 1.00 bits per heavy atom. The first-order chi connectivity index (χ1) is 12.2. The lowest BCUT2D eigenvalue weighted by atomic mass is 10.1. The number of hydrogen-bond acceptors (Lipinski definition) is 3. The van der Waals surface area contributed by atoms with E-state index in [2.05, 4.69) is 10.2 Å². The molecule has 134 valence electrons. The number of amides is 1. The van der Waals surface area contributed by atoms with Crippen molar-refractivity contribution in [2.45, 2.75) is 6.10 Å². The van der Waals surface area contributed by atoms with Crippen LogP contribution >= 0.6 is 23.2 Å². The van der Waals surface area contributed by atoms with E-state index in [-0.39, 0.29) is 12.5 Å². The second-order valence-corrected chi connectivity index (χ2v) is 6.30. The van der Waals surface area contributed by atoms with Gasteiger partial charge in [0, 0.05) is 42.6 Å². The number of carbonyl (C=O) groups excluding carboxylic acids is 1. The standard InChI is InChI=1S/C19H22Cl2N2O2/c20-10-12-23(13-11-21)17-8-6-16(7-9-17)19(25)22-14-18(24)15-4-2-1-3-5-15/h1-9,18,24H,10-14H2,(H,22,25). The quantitative estimate of drug-likeness (QED) is 0.655. The molecule has 2 aromatic carbocycles. The van der Waals surface area contributed by atoms with Gasteiger partial charge in [-0.25, -0.2) is 0 Å². The second-order valence-electron chi connectivity index (χ2n) is 5.55. The maximum Gasteiger partial charge on any atom is 0.251 e. The SMILES string of the molecule is O=C(NCC(O)c1ccccc1)c1ccc(N(CCCl)CCCl)cc1. The Bertz CT molecular complexity index is 644. The molecule has 2 aromatic rings. The van der Waals surface area contributed by atoms with Crippen molar-refractivity contribution in [3.8, 4) is 0 Å². The maximum atomic E-state index is 12.2. The molecule has 4 nitrogen and oxygen atoms in total. The van der Waals surface area contributed by atoms with Gasteiger partial charge in [-0.3, -0.25) is 4.79 Å². The van der Waals surface area contributed by atoms with Gasteiger partial charge in [0.05, 0.1) is 6.10 Å². The van der Waals surface area contributed by atoms with E-state index in [4.69, 9.17) is 23.2 Å². The molecule has 0 saturated heterocycles. The number of nitrogens with one attached hydrogen (secondary N) is 1. The third kappa shape index (κ3) is 5.92. The molecule has 0 heterocycles. The Balaban J connectivity index is 1.93. The average molecular weight is 381 g/mol. The van der Waals surface area contributed by atoms with Crippen molar-refractivity contribution in [1.29, 1.82) is 0 Å². The van der Waals surface area contributed by atoms with Gasteiger partial charge >= 0.3 is 0 Å². The monoisotopic (exact) mass is 380 g/mol. The zero-order chi connectivity index (χ0) is 18.1. The van der Waals surface area contributed by atoms with E-state index in [0.717, 1.165) is 11.3 Å². The number of anilines is 1. The van der Waals surface area contributed by atoms with E-state index in [0.29, 0.717) is 30.4 Å². The van der Waals surface area contributed by atoms with E-state index in [1.165, 1.54) is 0 Å². The molecule has 0 aliphatic rings. The van der Waals surface area contributed by atoms with Crippen molar-refractivity contribution < 1.29 is 9.90 Å². The Hall–Kier alpha value is -1.75. The molecule has 0 spiro atoms. The highest BCUT2D eigenvalue weighted by Crippen LogP contribution is 2.16. The summed E-state index contributed by atoms with van der Waals surface area (Å²) in [6, 6.07) is 16.5. The van der Waals surface area contributed by atoms with Crippen LogP contribution in [0.2, 0.25) is 0 Å². The minimum Gasteiger partial charge on any atom is -0.387 e. The number of carbonyl (C=O) groups is 1. The van der Waals surface area contributed by atoms with Gasteiger partial charge in [0.15, 0.2) is 0 Å². The van der Waals surface area contributed by atoms with Crippen LogP contribution in [0.4, 0.5) is 5.69 Å². The summed E-state index contributed by atoms with van der Waals surface area (Å²) in [5.41, 5.74) is 2.29. The third-order valence-electron chi connectivity index (χ3n) is 3.84. The highest BCUT2D eigenvalue weighted by Gasteiger charge is 2.11. The second kappa shape index (κ2) is 10.3. The lowest BCUT2D eigenvalue weighted by Crippen LogP contribution is -2.29. The smallest absolute Gasteiger partial charge is 0.251 e. The summed E-state index contributed by atoms with van der Waals surface area (Å²) in [5, 5.41) is 12.9. The molecule has 0 aromatic heterocycles. The van der Waals surface area contributed by atoms with Gasteiger partial charge in [-0.15, -0.1) is 23.2 Å². The number of rotatable bonds is 9. The molecular weight excluding hydrogens is 359 g/mol. The Kier molecular flexibility index (Phi) is 8.06. The maximum absolute atomic E-state index is 12.2. The van der Waals surface area contributed by atoms with Crippen molar-refractivity contribution in [2.24, 2.45) is 0 Å². The molecule has 0 radical (unpaired) electrons. The molecule has 0 fully saturated rings. The molecule has 1 unspecified atom stereocenters. The van der Waals surface area contributed by atoms with Crippen molar-refractivity contribution in [2.75, 3.05) is 36.3 Å². The summed E-state index contributed by atoms with van der Waals surface area (Å²) in [6.07, 6.45) is -0.729. The number of aliphatic hydroxyl groups is 1. The molecular formula is C19H22Cl2N2O2. The molecule has 2 rings (SSSR count). The first-order valence-corrected chi connectivity index (χ1v) is 9.20. The number of hydrogen-bond donors (Lipinski definition) is 2. The number of nitrogens with zero attached hydrogens (tertiary/aromatic N) is 1. The number of aliphatic hydroxyl groups excluding tert-OH is 1. The molecule has 2 N–H and O–H groups in total. The van der Waals surface area contributed by atoms with Gasteiger partial charge in [-0.2, -0.15) is 0 Å². The van der Waals surface area contributed by atoms with E-state index in [1.807, 2.05) is 42.5 Å². The molecule has 0 saturated carbocycles. The summed E-state index contributed by atoms with van der Waals surface area (Å²) in [7, 11) is 0. The van der Waals surface area contributed by atoms with Crippen LogP contribution in [0.5, 0.6) is 0 Å². The fraction of sp³-hybridized carbons (Fsp3) is 0.316. The minimum atomic E-state index is -0.729. The highest BCUT2D eigenvalue weighted by atomic mass is 35.5. The summed E-state index contributed by atoms with van der Waals surface area (Å²) >= 11 is 11.6. The number of halogens is 2. The first kappa shape index (κ1) is 19.6. The van der Waals surface area contributed by atoms with Crippen LogP contribution in [0.3, 0.4) is 0 Å². The zero-order valence-electron chi connectivity index (χ0n) is 13.9. The first-order valence-electron chi connectivity index (χ1n) is 8.14. The molecule has 6 heteroatoms. The van der Waals surface area contributed by atoms with Crippen LogP contribution in [0, 0.1) is 0 Å². The normalized spacial score (nSPS) is 11.8. The molecule has 0 bridgehead atoms. The van der Waals surface area contributed by atoms with Crippen LogP contribution in [-0.2, 0) is 0 Å². The van der Waals surface area contributed by atoms with E-state index in [1.54, 1.807) is 12.1 Å². The highest BCUT2D eigenvalue weighted by molar-refractivity contribution is 6.18. The largest absolute Gasteiger partial charge is 0.387 e. The zero-order valence-corrected chi connectivity index (χ0v) is 15.4. The van der Waals surface area contributed by atoms with Crippen LogP contribution in [0.15, 0.2) is 54.6 Å². The Morgan fingerprint density at radius 2 is 1.60 bits per heavy atom. The van der Waals surface area contributed by atoms with Crippen LogP contribution in [0.1, 0.15) is 22.0 Å². The fourth-order valence-corrected chi connectivity index (χ4v) is 2.89. The van der Waals surface area contributed by atoms with Crippen molar-refractivity contribution in [3.05, 3.63) is 65.7 Å². The van der Waals surface area contributed by atoms with E-state index >= 15 is 0 Å². The van der Waals surface area contributed by atoms with Crippen molar-refractivity contribution in [1.82, 2.24) is 5.32 Å². The van der Waals surface area contributed by atoms with Gasteiger partial charge in [0.2, 0.25) is 0 Å². The van der Waals surface area contributed by atoms with Gasteiger partial charge in [-0.1, -0.05) is 30.3 Å². The van der Waals surface area contributed by atoms with E-state index in [9.17, 15) is 9.90 Å². The molecule has 1 amide bonds. The molecule has 1 atom stereocenters. The number of alkyl halides is 2. The summed E-state index contributed by atoms with van der Waals surface area (Å²) < 4.78 is 0. The Morgan fingerprint density at radius 3 is 2.16 bits per heavy atom. The Labute approximate surface area is 158 Å². The lowest BCUT2D eigenvalue weighted by molar-refractivity contribution is 0.0916. The third-order valence-corrected chi connectivity index (χ3v) is 4.18. The summed E-state index contributed by atoms with van der Waals surface area (Å²) in [5.74, 6) is 0.801. The molecule has 0 aliphatic carbocycles. The van der Waals surface area contributed by atoms with Gasteiger partial charge in [0.1, 0.15) is 0 Å². The average Bonchev–Trinajstić information content (AvgIpc) is 2.66.